The predicted molar refractivity (Wildman–Crippen MR) is 50.7 cm³/mol. The van der Waals surface area contributed by atoms with Gasteiger partial charge in [-0.2, -0.15) is 0 Å². The summed E-state index contributed by atoms with van der Waals surface area (Å²) in [4.78, 5) is 11.2. The molecule has 16 heavy (non-hydrogen) atoms. The quantitative estimate of drug-likeness (QED) is 0.564. The average molecular weight is 243 g/mol. The molecule has 0 saturated carbocycles. The van der Waals surface area contributed by atoms with Crippen molar-refractivity contribution in [1.29, 1.82) is 0 Å². The number of hydrogen-bond donors (Lipinski definition) is 1. The number of rotatable bonds is 6. The highest BCUT2D eigenvalue weighted by atomic mass is 19.4. The standard InChI is InChI=1S/C9H16F3NO3/c1-6(2)7(8(14)15-3)13-4-5-16-9(10,11)12/h6-7,13H,4-5H2,1-3H3. The number of nitrogens with one attached hydrogen (secondary N) is 1. The summed E-state index contributed by atoms with van der Waals surface area (Å²) < 4.78 is 42.9. The fourth-order valence-electron chi connectivity index (χ4n) is 1.10. The van der Waals surface area contributed by atoms with Gasteiger partial charge in [0.1, 0.15) is 6.04 Å². The first-order chi connectivity index (χ1) is 7.28. The van der Waals surface area contributed by atoms with E-state index in [0.29, 0.717) is 0 Å². The maximum atomic E-state index is 11.6. The molecule has 0 heterocycles. The van der Waals surface area contributed by atoms with Gasteiger partial charge in [-0.05, 0) is 5.92 Å². The first-order valence-electron chi connectivity index (χ1n) is 4.80. The molecule has 0 aromatic heterocycles. The zero-order valence-corrected chi connectivity index (χ0v) is 9.43. The van der Waals surface area contributed by atoms with Crippen LogP contribution in [0, 0.1) is 5.92 Å². The van der Waals surface area contributed by atoms with Crippen LogP contribution in [0.5, 0.6) is 0 Å². The highest BCUT2D eigenvalue weighted by molar-refractivity contribution is 5.75. The smallest absolute Gasteiger partial charge is 0.468 e. The van der Waals surface area contributed by atoms with Crippen molar-refractivity contribution in [1.82, 2.24) is 5.32 Å². The van der Waals surface area contributed by atoms with E-state index in [1.807, 2.05) is 0 Å². The summed E-state index contributed by atoms with van der Waals surface area (Å²) in [6.45, 7) is 2.92. The van der Waals surface area contributed by atoms with Crippen LogP contribution in [0.2, 0.25) is 0 Å². The van der Waals surface area contributed by atoms with E-state index in [0.717, 1.165) is 0 Å². The summed E-state index contributed by atoms with van der Waals surface area (Å²) in [5, 5.41) is 2.64. The van der Waals surface area contributed by atoms with Crippen molar-refractivity contribution in [2.75, 3.05) is 20.3 Å². The zero-order chi connectivity index (χ0) is 12.8. The summed E-state index contributed by atoms with van der Waals surface area (Å²) in [6, 6.07) is -0.623. The third-order valence-electron chi connectivity index (χ3n) is 1.85. The van der Waals surface area contributed by atoms with Gasteiger partial charge in [-0.3, -0.25) is 9.53 Å². The SMILES string of the molecule is COC(=O)C(NCCOC(F)(F)F)C(C)C. The molecule has 96 valence electrons. The molecule has 0 fully saturated rings. The van der Waals surface area contributed by atoms with E-state index < -0.39 is 25.0 Å². The molecule has 0 aromatic carbocycles. The summed E-state index contributed by atoms with van der Waals surface area (Å²) in [7, 11) is 1.23. The lowest BCUT2D eigenvalue weighted by atomic mass is 10.1. The van der Waals surface area contributed by atoms with Gasteiger partial charge in [0.25, 0.3) is 0 Å². The normalized spacial score (nSPS) is 13.9. The van der Waals surface area contributed by atoms with Crippen LogP contribution in [0.15, 0.2) is 0 Å². The van der Waals surface area contributed by atoms with Crippen molar-refractivity contribution in [3.8, 4) is 0 Å². The van der Waals surface area contributed by atoms with Gasteiger partial charge in [0, 0.05) is 6.54 Å². The molecule has 0 aliphatic rings. The van der Waals surface area contributed by atoms with E-state index in [9.17, 15) is 18.0 Å². The Bertz CT molecular complexity index is 219. The fourth-order valence-corrected chi connectivity index (χ4v) is 1.10. The second-order valence-corrected chi connectivity index (χ2v) is 3.49. The molecular formula is C9H16F3NO3. The number of ether oxygens (including phenoxy) is 2. The summed E-state index contributed by atoms with van der Waals surface area (Å²) >= 11 is 0. The molecule has 1 atom stereocenters. The molecule has 0 aromatic rings. The van der Waals surface area contributed by atoms with Crippen molar-refractivity contribution < 1.29 is 27.4 Å². The van der Waals surface area contributed by atoms with Crippen molar-refractivity contribution in [3.05, 3.63) is 0 Å². The van der Waals surface area contributed by atoms with Crippen LogP contribution in [0.3, 0.4) is 0 Å². The Labute approximate surface area is 92.1 Å². The molecular weight excluding hydrogens is 227 g/mol. The van der Waals surface area contributed by atoms with Gasteiger partial charge >= 0.3 is 12.3 Å². The minimum Gasteiger partial charge on any atom is -0.468 e. The van der Waals surface area contributed by atoms with E-state index in [1.165, 1.54) is 7.11 Å². The molecule has 0 saturated heterocycles. The van der Waals surface area contributed by atoms with Crippen LogP contribution in [0.1, 0.15) is 13.8 Å². The number of carbonyl (C=O) groups excluding carboxylic acids is 1. The Morgan fingerprint density at radius 3 is 2.31 bits per heavy atom. The fraction of sp³-hybridized carbons (Fsp3) is 0.889. The maximum Gasteiger partial charge on any atom is 0.522 e. The molecule has 4 nitrogen and oxygen atoms in total. The van der Waals surface area contributed by atoms with Crippen molar-refractivity contribution in [3.63, 3.8) is 0 Å². The minimum atomic E-state index is -4.64. The second kappa shape index (κ2) is 6.70. The Morgan fingerprint density at radius 1 is 1.38 bits per heavy atom. The molecule has 0 amide bonds. The van der Waals surface area contributed by atoms with Gasteiger partial charge in [-0.25, -0.2) is 0 Å². The topological polar surface area (TPSA) is 47.6 Å². The van der Waals surface area contributed by atoms with Crippen LogP contribution in [0.25, 0.3) is 0 Å². The molecule has 0 rings (SSSR count). The number of alkyl halides is 3. The first-order valence-corrected chi connectivity index (χ1v) is 4.80. The van der Waals surface area contributed by atoms with Crippen molar-refractivity contribution in [2.24, 2.45) is 5.92 Å². The molecule has 0 radical (unpaired) electrons. The molecule has 7 heteroatoms. The predicted octanol–water partition coefficient (Wildman–Crippen LogP) is 1.31. The highest BCUT2D eigenvalue weighted by Crippen LogP contribution is 2.15. The second-order valence-electron chi connectivity index (χ2n) is 3.49. The van der Waals surface area contributed by atoms with Gasteiger partial charge in [0.15, 0.2) is 0 Å². The lowest BCUT2D eigenvalue weighted by molar-refractivity contribution is -0.323. The van der Waals surface area contributed by atoms with Gasteiger partial charge in [0.05, 0.1) is 13.7 Å². The van der Waals surface area contributed by atoms with Crippen LogP contribution >= 0.6 is 0 Å². The maximum absolute atomic E-state index is 11.6. The summed E-state index contributed by atoms with van der Waals surface area (Å²) in [5.41, 5.74) is 0. The highest BCUT2D eigenvalue weighted by Gasteiger charge is 2.29. The monoisotopic (exact) mass is 243 g/mol. The van der Waals surface area contributed by atoms with E-state index in [-0.39, 0.29) is 12.5 Å². The number of halogens is 3. The number of carbonyl (C=O) groups is 1. The van der Waals surface area contributed by atoms with E-state index >= 15 is 0 Å². The van der Waals surface area contributed by atoms with Gasteiger partial charge < -0.3 is 10.1 Å². The van der Waals surface area contributed by atoms with Gasteiger partial charge in [-0.1, -0.05) is 13.8 Å². The van der Waals surface area contributed by atoms with E-state index in [4.69, 9.17) is 0 Å². The Balaban J connectivity index is 3.91. The van der Waals surface area contributed by atoms with Crippen LogP contribution in [-0.2, 0) is 14.3 Å². The third kappa shape index (κ3) is 6.62. The van der Waals surface area contributed by atoms with Gasteiger partial charge in [-0.15, -0.1) is 13.2 Å². The lowest BCUT2D eigenvalue weighted by Crippen LogP contribution is -2.43. The van der Waals surface area contributed by atoms with Crippen LogP contribution in [0.4, 0.5) is 13.2 Å². The summed E-state index contributed by atoms with van der Waals surface area (Å²) in [6.07, 6.45) is -4.64. The van der Waals surface area contributed by atoms with Crippen molar-refractivity contribution >= 4 is 5.97 Å². The molecule has 1 unspecified atom stereocenters. The van der Waals surface area contributed by atoms with E-state index in [2.05, 4.69) is 14.8 Å². The minimum absolute atomic E-state index is 0.0710. The van der Waals surface area contributed by atoms with Gasteiger partial charge in [0.2, 0.25) is 0 Å². The number of methoxy groups -OCH3 is 1. The number of esters is 1. The van der Waals surface area contributed by atoms with Crippen LogP contribution < -0.4 is 5.32 Å². The number of hydrogen-bond acceptors (Lipinski definition) is 4. The lowest BCUT2D eigenvalue weighted by Gasteiger charge is -2.19. The largest absolute Gasteiger partial charge is 0.522 e. The molecule has 0 spiro atoms. The Kier molecular flexibility index (Phi) is 6.35. The molecule has 1 N–H and O–H groups in total. The summed E-state index contributed by atoms with van der Waals surface area (Å²) in [5.74, 6) is -0.569. The Morgan fingerprint density at radius 2 is 1.94 bits per heavy atom. The third-order valence-corrected chi connectivity index (χ3v) is 1.85. The Hall–Kier alpha value is -0.820. The molecule has 0 aliphatic carbocycles. The average Bonchev–Trinajstić information content (AvgIpc) is 2.14. The van der Waals surface area contributed by atoms with Crippen molar-refractivity contribution in [2.45, 2.75) is 26.3 Å². The first kappa shape index (κ1) is 15.2. The molecule has 0 aliphatic heterocycles. The van der Waals surface area contributed by atoms with E-state index in [1.54, 1.807) is 13.8 Å². The molecule has 0 bridgehead atoms. The van der Waals surface area contributed by atoms with Crippen LogP contribution in [-0.4, -0.2) is 38.6 Å². The zero-order valence-electron chi connectivity index (χ0n) is 9.43.